The van der Waals surface area contributed by atoms with Crippen molar-refractivity contribution in [3.05, 3.63) is 29.6 Å². The highest BCUT2D eigenvalue weighted by Gasteiger charge is 1.93. The first-order chi connectivity index (χ1) is 5.36. The second kappa shape index (κ2) is 3.86. The van der Waals surface area contributed by atoms with Crippen molar-refractivity contribution in [3.8, 4) is 0 Å². The van der Waals surface area contributed by atoms with Crippen molar-refractivity contribution in [1.29, 1.82) is 0 Å². The maximum Gasteiger partial charge on any atom is 0.150 e. The number of carbonyl (C=O) groups is 1. The van der Waals surface area contributed by atoms with Crippen LogP contribution in [0.2, 0.25) is 0 Å². The van der Waals surface area contributed by atoms with Gasteiger partial charge < -0.3 is 0 Å². The largest absolute Gasteiger partial charge is 0.298 e. The first-order valence-electron chi connectivity index (χ1n) is 3.77. The molecule has 0 amide bonds. The molecular formula is C9H11NO. The van der Waals surface area contributed by atoms with Crippen molar-refractivity contribution in [3.63, 3.8) is 0 Å². The van der Waals surface area contributed by atoms with Gasteiger partial charge in [0, 0.05) is 17.5 Å². The minimum Gasteiger partial charge on any atom is -0.298 e. The fourth-order valence-electron chi connectivity index (χ4n) is 0.963. The Bertz CT molecular complexity index is 245. The maximum absolute atomic E-state index is 10.3. The van der Waals surface area contributed by atoms with Gasteiger partial charge in [0.15, 0.2) is 0 Å². The summed E-state index contributed by atoms with van der Waals surface area (Å²) in [5.74, 6) is 0. The quantitative estimate of drug-likeness (QED) is 0.614. The summed E-state index contributed by atoms with van der Waals surface area (Å²) in [6.45, 7) is 2.09. The molecule has 1 aromatic rings. The number of aldehydes is 1. The van der Waals surface area contributed by atoms with Gasteiger partial charge in [-0.2, -0.15) is 0 Å². The molecule has 0 aliphatic carbocycles. The number of rotatable bonds is 3. The SMILES string of the molecule is CCCc1cc(C=O)ccn1. The smallest absolute Gasteiger partial charge is 0.150 e. The van der Waals surface area contributed by atoms with E-state index < -0.39 is 0 Å². The molecule has 58 valence electrons. The monoisotopic (exact) mass is 149 g/mol. The van der Waals surface area contributed by atoms with E-state index in [2.05, 4.69) is 11.9 Å². The molecule has 0 aromatic carbocycles. The Morgan fingerprint density at radius 2 is 2.45 bits per heavy atom. The van der Waals surface area contributed by atoms with Crippen LogP contribution >= 0.6 is 0 Å². The van der Waals surface area contributed by atoms with Crippen molar-refractivity contribution >= 4 is 6.29 Å². The van der Waals surface area contributed by atoms with Gasteiger partial charge in [0.05, 0.1) is 0 Å². The molecule has 1 rings (SSSR count). The zero-order valence-corrected chi connectivity index (χ0v) is 6.58. The van der Waals surface area contributed by atoms with Gasteiger partial charge >= 0.3 is 0 Å². The van der Waals surface area contributed by atoms with Crippen LogP contribution < -0.4 is 0 Å². The Balaban J connectivity index is 2.82. The van der Waals surface area contributed by atoms with Crippen LogP contribution in [0.5, 0.6) is 0 Å². The van der Waals surface area contributed by atoms with Crippen LogP contribution in [0.1, 0.15) is 29.4 Å². The Kier molecular flexibility index (Phi) is 2.78. The van der Waals surface area contributed by atoms with Crippen molar-refractivity contribution in [2.75, 3.05) is 0 Å². The normalized spacial score (nSPS) is 9.55. The number of hydrogen-bond donors (Lipinski definition) is 0. The molecule has 0 saturated carbocycles. The zero-order chi connectivity index (χ0) is 8.10. The van der Waals surface area contributed by atoms with E-state index in [1.807, 2.05) is 6.07 Å². The second-order valence-electron chi connectivity index (χ2n) is 2.45. The fourth-order valence-corrected chi connectivity index (χ4v) is 0.963. The van der Waals surface area contributed by atoms with Crippen LogP contribution in [-0.2, 0) is 6.42 Å². The van der Waals surface area contributed by atoms with Crippen LogP contribution in [0.4, 0.5) is 0 Å². The molecule has 0 N–H and O–H groups in total. The molecule has 1 heterocycles. The van der Waals surface area contributed by atoms with Crippen molar-refractivity contribution in [1.82, 2.24) is 4.98 Å². The first-order valence-corrected chi connectivity index (χ1v) is 3.77. The number of aryl methyl sites for hydroxylation is 1. The number of carbonyl (C=O) groups excluding carboxylic acids is 1. The molecule has 0 bridgehead atoms. The van der Waals surface area contributed by atoms with E-state index in [1.165, 1.54) is 0 Å². The summed E-state index contributed by atoms with van der Waals surface area (Å²) >= 11 is 0. The molecule has 0 atom stereocenters. The summed E-state index contributed by atoms with van der Waals surface area (Å²) in [6, 6.07) is 3.54. The Morgan fingerprint density at radius 3 is 3.09 bits per heavy atom. The third kappa shape index (κ3) is 2.15. The molecule has 0 saturated heterocycles. The maximum atomic E-state index is 10.3. The third-order valence-electron chi connectivity index (χ3n) is 1.48. The standard InChI is InChI=1S/C9H11NO/c1-2-3-9-6-8(7-11)4-5-10-9/h4-7H,2-3H2,1H3. The minimum atomic E-state index is 0.712. The number of pyridine rings is 1. The summed E-state index contributed by atoms with van der Waals surface area (Å²) < 4.78 is 0. The fraction of sp³-hybridized carbons (Fsp3) is 0.333. The Hall–Kier alpha value is -1.18. The summed E-state index contributed by atoms with van der Waals surface area (Å²) in [4.78, 5) is 14.5. The molecule has 2 heteroatoms. The Morgan fingerprint density at radius 1 is 1.64 bits per heavy atom. The third-order valence-corrected chi connectivity index (χ3v) is 1.48. The van der Waals surface area contributed by atoms with Gasteiger partial charge in [0.2, 0.25) is 0 Å². The summed E-state index contributed by atoms with van der Waals surface area (Å²) in [5, 5.41) is 0. The molecule has 0 fully saturated rings. The van der Waals surface area contributed by atoms with E-state index in [4.69, 9.17) is 0 Å². The predicted molar refractivity (Wildman–Crippen MR) is 43.6 cm³/mol. The lowest BCUT2D eigenvalue weighted by atomic mass is 10.2. The second-order valence-corrected chi connectivity index (χ2v) is 2.45. The van der Waals surface area contributed by atoms with Gasteiger partial charge in [-0.25, -0.2) is 0 Å². The molecule has 2 nitrogen and oxygen atoms in total. The van der Waals surface area contributed by atoms with E-state index >= 15 is 0 Å². The van der Waals surface area contributed by atoms with Crippen LogP contribution in [0.3, 0.4) is 0 Å². The lowest BCUT2D eigenvalue weighted by Gasteiger charge is -1.96. The lowest BCUT2D eigenvalue weighted by molar-refractivity contribution is 0.112. The molecule has 0 radical (unpaired) electrons. The summed E-state index contributed by atoms with van der Waals surface area (Å²) in [5.41, 5.74) is 1.71. The molecule has 0 aliphatic rings. The first kappa shape index (κ1) is 7.92. The van der Waals surface area contributed by atoms with E-state index in [0.29, 0.717) is 5.56 Å². The van der Waals surface area contributed by atoms with Crippen LogP contribution in [0.25, 0.3) is 0 Å². The topological polar surface area (TPSA) is 30.0 Å². The molecule has 0 aliphatic heterocycles. The minimum absolute atomic E-state index is 0.712. The van der Waals surface area contributed by atoms with E-state index in [1.54, 1.807) is 12.3 Å². The molecular weight excluding hydrogens is 138 g/mol. The van der Waals surface area contributed by atoms with Gasteiger partial charge in [-0.15, -0.1) is 0 Å². The average molecular weight is 149 g/mol. The lowest BCUT2D eigenvalue weighted by Crippen LogP contribution is -1.90. The predicted octanol–water partition coefficient (Wildman–Crippen LogP) is 1.85. The van der Waals surface area contributed by atoms with E-state index in [-0.39, 0.29) is 0 Å². The van der Waals surface area contributed by atoms with Crippen LogP contribution in [-0.4, -0.2) is 11.3 Å². The van der Waals surface area contributed by atoms with Crippen molar-refractivity contribution in [2.24, 2.45) is 0 Å². The van der Waals surface area contributed by atoms with E-state index in [0.717, 1.165) is 24.8 Å². The number of hydrogen-bond acceptors (Lipinski definition) is 2. The highest BCUT2D eigenvalue weighted by atomic mass is 16.1. The summed E-state index contributed by atoms with van der Waals surface area (Å²) in [7, 11) is 0. The van der Waals surface area contributed by atoms with Gasteiger partial charge in [0.1, 0.15) is 6.29 Å². The zero-order valence-electron chi connectivity index (χ0n) is 6.58. The Labute approximate surface area is 66.3 Å². The van der Waals surface area contributed by atoms with Gasteiger partial charge in [-0.05, 0) is 18.6 Å². The van der Waals surface area contributed by atoms with Gasteiger partial charge in [0.25, 0.3) is 0 Å². The van der Waals surface area contributed by atoms with Crippen LogP contribution in [0, 0.1) is 0 Å². The van der Waals surface area contributed by atoms with Gasteiger partial charge in [-0.1, -0.05) is 13.3 Å². The highest BCUT2D eigenvalue weighted by Crippen LogP contribution is 2.01. The molecule has 1 aromatic heterocycles. The van der Waals surface area contributed by atoms with Crippen LogP contribution in [0.15, 0.2) is 18.3 Å². The van der Waals surface area contributed by atoms with Crippen molar-refractivity contribution in [2.45, 2.75) is 19.8 Å². The average Bonchev–Trinajstić information content (AvgIpc) is 2.06. The molecule has 0 unspecified atom stereocenters. The number of aromatic nitrogens is 1. The van der Waals surface area contributed by atoms with E-state index in [9.17, 15) is 4.79 Å². The van der Waals surface area contributed by atoms with Gasteiger partial charge in [-0.3, -0.25) is 9.78 Å². The molecule has 0 spiro atoms. The summed E-state index contributed by atoms with van der Waals surface area (Å²) in [6.07, 6.45) is 4.53. The van der Waals surface area contributed by atoms with Crippen molar-refractivity contribution < 1.29 is 4.79 Å². The highest BCUT2D eigenvalue weighted by molar-refractivity contribution is 5.74. The molecule has 11 heavy (non-hydrogen) atoms. The number of nitrogens with zero attached hydrogens (tertiary/aromatic N) is 1.